The highest BCUT2D eigenvalue weighted by Gasteiger charge is 2.23. The zero-order valence-electron chi connectivity index (χ0n) is 18.5. The van der Waals surface area contributed by atoms with Crippen LogP contribution >= 0.6 is 23.5 Å². The summed E-state index contributed by atoms with van der Waals surface area (Å²) in [5, 5.41) is 6.34. The molecular formula is C24H34N4OS2. The van der Waals surface area contributed by atoms with Gasteiger partial charge in [0.1, 0.15) is 5.04 Å². The lowest BCUT2D eigenvalue weighted by atomic mass is 10.1. The van der Waals surface area contributed by atoms with Gasteiger partial charge in [-0.05, 0) is 49.3 Å². The predicted molar refractivity (Wildman–Crippen MR) is 136 cm³/mol. The molecule has 1 aromatic carbocycles. The molecule has 5 rings (SSSR count). The van der Waals surface area contributed by atoms with Crippen molar-refractivity contribution in [3.05, 3.63) is 29.5 Å². The molecular weight excluding hydrogens is 424 g/mol. The molecule has 2 aliphatic heterocycles. The summed E-state index contributed by atoms with van der Waals surface area (Å²) >= 11 is 3.80. The molecule has 0 radical (unpaired) electrons. The number of aliphatic imine (C=N–C) groups is 1. The summed E-state index contributed by atoms with van der Waals surface area (Å²) in [5.41, 5.74) is 5.10. The highest BCUT2D eigenvalue weighted by molar-refractivity contribution is 8.14. The van der Waals surface area contributed by atoms with Gasteiger partial charge in [0.05, 0.1) is 36.2 Å². The quantitative estimate of drug-likeness (QED) is 0.585. The van der Waals surface area contributed by atoms with Crippen LogP contribution in [0.25, 0.3) is 10.9 Å². The number of nitrogens with zero attached hydrogens (tertiary/aromatic N) is 2. The normalized spacial score (nSPS) is 23.0. The number of morpholine rings is 1. The maximum atomic E-state index is 5.47. The smallest absolute Gasteiger partial charge is 0.114 e. The molecule has 168 valence electrons. The van der Waals surface area contributed by atoms with Crippen molar-refractivity contribution in [1.29, 1.82) is 0 Å². The summed E-state index contributed by atoms with van der Waals surface area (Å²) in [6, 6.07) is 8.06. The van der Waals surface area contributed by atoms with Gasteiger partial charge in [0.15, 0.2) is 0 Å². The molecule has 7 heteroatoms. The van der Waals surface area contributed by atoms with Crippen LogP contribution in [-0.4, -0.2) is 71.9 Å². The van der Waals surface area contributed by atoms with Gasteiger partial charge in [0.2, 0.25) is 0 Å². The van der Waals surface area contributed by atoms with Gasteiger partial charge in [-0.25, -0.2) is 0 Å². The van der Waals surface area contributed by atoms with Crippen LogP contribution in [0.4, 0.5) is 5.69 Å². The molecule has 3 heterocycles. The lowest BCUT2D eigenvalue weighted by Crippen LogP contribution is -2.37. The minimum atomic E-state index is 0.428. The highest BCUT2D eigenvalue weighted by Crippen LogP contribution is 2.33. The number of H-pyrrole nitrogens is 1. The minimum Gasteiger partial charge on any atom is -0.381 e. The van der Waals surface area contributed by atoms with Gasteiger partial charge < -0.3 is 15.0 Å². The number of anilines is 1. The number of thioether (sulfide) groups is 2. The highest BCUT2D eigenvalue weighted by atomic mass is 32.2. The van der Waals surface area contributed by atoms with E-state index in [-0.39, 0.29) is 0 Å². The van der Waals surface area contributed by atoms with Gasteiger partial charge in [-0.3, -0.25) is 9.89 Å². The third kappa shape index (κ3) is 5.27. The van der Waals surface area contributed by atoms with Crippen LogP contribution in [0.15, 0.2) is 23.2 Å². The third-order valence-electron chi connectivity index (χ3n) is 6.64. The zero-order valence-corrected chi connectivity index (χ0v) is 20.1. The zero-order chi connectivity index (χ0) is 21.0. The van der Waals surface area contributed by atoms with Gasteiger partial charge in [-0.1, -0.05) is 12.8 Å². The van der Waals surface area contributed by atoms with E-state index in [0.717, 1.165) is 50.8 Å². The minimum absolute atomic E-state index is 0.428. The second-order valence-electron chi connectivity index (χ2n) is 8.99. The monoisotopic (exact) mass is 458 g/mol. The van der Waals surface area contributed by atoms with Crippen molar-refractivity contribution in [2.24, 2.45) is 4.99 Å². The average Bonchev–Trinajstić information content (AvgIpc) is 3.54. The van der Waals surface area contributed by atoms with E-state index in [9.17, 15) is 0 Å². The molecule has 1 saturated heterocycles. The fraction of sp³-hybridized carbons (Fsp3) is 0.625. The van der Waals surface area contributed by atoms with Crippen molar-refractivity contribution in [2.45, 2.75) is 49.9 Å². The Bertz CT molecular complexity index is 916. The molecule has 5 nitrogen and oxygen atoms in total. The molecule has 1 unspecified atom stereocenters. The van der Waals surface area contributed by atoms with Gasteiger partial charge in [0, 0.05) is 42.6 Å². The van der Waals surface area contributed by atoms with Gasteiger partial charge >= 0.3 is 0 Å². The number of hydrogen-bond donors (Lipinski definition) is 2. The lowest BCUT2D eigenvalue weighted by molar-refractivity contribution is 0.0369. The first-order chi connectivity index (χ1) is 15.3. The first kappa shape index (κ1) is 21.7. The van der Waals surface area contributed by atoms with Crippen LogP contribution in [0.1, 0.15) is 43.4 Å². The number of aromatic nitrogens is 1. The summed E-state index contributed by atoms with van der Waals surface area (Å²) in [6.45, 7) is 5.00. The van der Waals surface area contributed by atoms with E-state index in [1.54, 1.807) is 0 Å². The Kier molecular flexibility index (Phi) is 7.13. The van der Waals surface area contributed by atoms with Crippen LogP contribution in [0.2, 0.25) is 0 Å². The second-order valence-corrected chi connectivity index (χ2v) is 10.9. The van der Waals surface area contributed by atoms with E-state index < -0.39 is 0 Å². The van der Waals surface area contributed by atoms with Crippen LogP contribution in [0.3, 0.4) is 0 Å². The van der Waals surface area contributed by atoms with Gasteiger partial charge in [-0.15, -0.1) is 11.8 Å². The van der Waals surface area contributed by atoms with Gasteiger partial charge in [-0.2, -0.15) is 11.8 Å². The first-order valence-electron chi connectivity index (χ1n) is 11.7. The third-order valence-corrected chi connectivity index (χ3v) is 8.41. The lowest BCUT2D eigenvalue weighted by Gasteiger charge is -2.26. The van der Waals surface area contributed by atoms with Gasteiger partial charge in [0.25, 0.3) is 0 Å². The van der Waals surface area contributed by atoms with Crippen LogP contribution in [0, 0.1) is 0 Å². The molecule has 1 aromatic heterocycles. The molecule has 1 saturated carbocycles. The molecule has 2 fully saturated rings. The van der Waals surface area contributed by atoms with Crippen molar-refractivity contribution in [3.8, 4) is 0 Å². The number of fused-ring (bicyclic) bond motifs is 1. The Hall–Kier alpha value is -1.15. The molecule has 31 heavy (non-hydrogen) atoms. The molecule has 2 N–H and O–H groups in total. The molecule has 1 aliphatic carbocycles. The predicted octanol–water partition coefficient (Wildman–Crippen LogP) is 4.97. The number of nitrogens with one attached hydrogen (secondary N) is 2. The average molecular weight is 459 g/mol. The van der Waals surface area contributed by atoms with E-state index in [1.807, 2.05) is 23.5 Å². The Morgan fingerprint density at radius 2 is 2.06 bits per heavy atom. The van der Waals surface area contributed by atoms with Crippen molar-refractivity contribution < 1.29 is 4.74 Å². The number of hydrogen-bond acceptors (Lipinski definition) is 6. The summed E-state index contributed by atoms with van der Waals surface area (Å²) in [5.74, 6) is 2.15. The van der Waals surface area contributed by atoms with Crippen molar-refractivity contribution in [2.75, 3.05) is 50.2 Å². The van der Waals surface area contributed by atoms with E-state index in [1.165, 1.54) is 58.6 Å². The number of benzene rings is 1. The summed E-state index contributed by atoms with van der Waals surface area (Å²) < 4.78 is 5.47. The maximum Gasteiger partial charge on any atom is 0.114 e. The summed E-state index contributed by atoms with van der Waals surface area (Å²) in [7, 11) is 0. The Morgan fingerprint density at radius 1 is 1.23 bits per heavy atom. The molecule has 0 bridgehead atoms. The number of aromatic amines is 1. The fourth-order valence-electron chi connectivity index (χ4n) is 4.94. The molecule has 1 atom stereocenters. The molecule has 0 spiro atoms. The SMILES string of the molecule is CSCc1cc(NC2CCCC2)c2[nH]c(C3=NC(CCN4CCOCC4)CS3)cc2c1. The summed E-state index contributed by atoms with van der Waals surface area (Å²) in [6.07, 6.45) is 8.59. The van der Waals surface area contributed by atoms with E-state index in [0.29, 0.717) is 12.1 Å². The number of rotatable bonds is 8. The van der Waals surface area contributed by atoms with Crippen LogP contribution < -0.4 is 5.32 Å². The Morgan fingerprint density at radius 3 is 2.87 bits per heavy atom. The second kappa shape index (κ2) is 10.2. The van der Waals surface area contributed by atoms with Crippen LogP contribution in [0.5, 0.6) is 0 Å². The summed E-state index contributed by atoms with van der Waals surface area (Å²) in [4.78, 5) is 11.3. The topological polar surface area (TPSA) is 52.7 Å². The molecule has 2 aromatic rings. The largest absolute Gasteiger partial charge is 0.381 e. The van der Waals surface area contributed by atoms with Crippen molar-refractivity contribution in [3.63, 3.8) is 0 Å². The van der Waals surface area contributed by atoms with Crippen LogP contribution in [-0.2, 0) is 10.5 Å². The van der Waals surface area contributed by atoms with E-state index >= 15 is 0 Å². The standard InChI is InChI=1S/C24H34N4OS2/c1-30-15-17-12-18-14-22(27-23(18)21(13-17)25-19-4-2-3-5-19)24-26-20(16-31-24)6-7-28-8-10-29-11-9-28/h12-14,19-20,25,27H,2-11,15-16H2,1H3. The Labute approximate surface area is 194 Å². The first-order valence-corrected chi connectivity index (χ1v) is 14.1. The molecule has 3 aliphatic rings. The maximum absolute atomic E-state index is 5.47. The number of ether oxygens (including phenoxy) is 1. The van der Waals surface area contributed by atoms with E-state index in [2.05, 4.69) is 39.7 Å². The van der Waals surface area contributed by atoms with Crippen molar-refractivity contribution in [1.82, 2.24) is 9.88 Å². The molecule has 0 amide bonds. The Balaban J connectivity index is 1.33. The van der Waals surface area contributed by atoms with E-state index in [4.69, 9.17) is 9.73 Å². The van der Waals surface area contributed by atoms with Crippen molar-refractivity contribution >= 4 is 45.2 Å². The fourth-order valence-corrected chi connectivity index (χ4v) is 6.52.